The van der Waals surface area contributed by atoms with Crippen LogP contribution in [0.2, 0.25) is 0 Å². The molecule has 3 nitrogen and oxygen atoms in total. The molecule has 4 heteroatoms. The summed E-state index contributed by atoms with van der Waals surface area (Å²) in [6.45, 7) is 3.10. The van der Waals surface area contributed by atoms with Crippen molar-refractivity contribution in [1.82, 2.24) is 0 Å². The van der Waals surface area contributed by atoms with Crippen LogP contribution in [0.15, 0.2) is 0 Å². The Hall–Kier alpha value is 0.130. The third-order valence-corrected chi connectivity index (χ3v) is 0.828. The molecule has 0 spiro atoms. The zero-order valence-electron chi connectivity index (χ0n) is 4.14. The van der Waals surface area contributed by atoms with Gasteiger partial charge in [-0.1, -0.05) is 0 Å². The smallest absolute Gasteiger partial charge is 0.263 e. The molecule has 7 heavy (non-hydrogen) atoms. The monoisotopic (exact) mass is 215 g/mol. The maximum atomic E-state index is 9.82. The van der Waals surface area contributed by atoms with E-state index in [9.17, 15) is 10.1 Å². The van der Waals surface area contributed by atoms with Crippen molar-refractivity contribution in [3.05, 3.63) is 10.1 Å². The van der Waals surface area contributed by atoms with E-state index in [0.29, 0.717) is 0 Å². The molecule has 0 N–H and O–H groups in total. The zero-order chi connectivity index (χ0) is 6.08. The first kappa shape index (κ1) is 7.13. The zero-order valence-corrected chi connectivity index (χ0v) is 6.30. The maximum absolute atomic E-state index is 9.82. The second kappa shape index (κ2) is 1.94. The van der Waals surface area contributed by atoms with Crippen LogP contribution in [-0.4, -0.2) is 8.47 Å². The Morgan fingerprint density at radius 2 is 1.86 bits per heavy atom. The van der Waals surface area contributed by atoms with Gasteiger partial charge in [-0.05, 0) is 0 Å². The molecule has 0 saturated heterocycles. The van der Waals surface area contributed by atoms with Gasteiger partial charge in [-0.15, -0.1) is 0 Å². The molecule has 0 saturated carbocycles. The number of nitro groups is 1. The molecule has 0 unspecified atom stereocenters. The van der Waals surface area contributed by atoms with Crippen molar-refractivity contribution in [2.45, 2.75) is 17.4 Å². The quantitative estimate of drug-likeness (QED) is 0.218. The summed E-state index contributed by atoms with van der Waals surface area (Å²) in [4.78, 5) is 9.49. The van der Waals surface area contributed by atoms with Crippen LogP contribution in [0.3, 0.4) is 0 Å². The number of alkyl halides is 1. The predicted octanol–water partition coefficient (Wildman–Crippen LogP) is 1.43. The van der Waals surface area contributed by atoms with Gasteiger partial charge in [0.1, 0.15) is 0 Å². The summed E-state index contributed by atoms with van der Waals surface area (Å²) in [6.07, 6.45) is 0. The maximum Gasteiger partial charge on any atom is 0.264 e. The number of hydrogen-bond acceptors (Lipinski definition) is 2. The van der Waals surface area contributed by atoms with Crippen LogP contribution in [-0.2, 0) is 0 Å². The summed E-state index contributed by atoms with van der Waals surface area (Å²) in [5, 5.41) is 9.82. The van der Waals surface area contributed by atoms with E-state index in [1.165, 1.54) is 0 Å². The third-order valence-electron chi connectivity index (χ3n) is 0.434. The van der Waals surface area contributed by atoms with Gasteiger partial charge in [0.25, 0.3) is 3.55 Å². The molecule has 0 amide bonds. The Bertz CT molecular complexity index is 85.4. The lowest BCUT2D eigenvalue weighted by atomic mass is 10.4. The summed E-state index contributed by atoms with van der Waals surface area (Å²) in [7, 11) is 0. The van der Waals surface area contributed by atoms with Crippen molar-refractivity contribution in [3.63, 3.8) is 0 Å². The highest BCUT2D eigenvalue weighted by molar-refractivity contribution is 14.1. The summed E-state index contributed by atoms with van der Waals surface area (Å²) < 4.78 is -0.808. The highest BCUT2D eigenvalue weighted by atomic mass is 127. The lowest BCUT2D eigenvalue weighted by Crippen LogP contribution is -2.21. The topological polar surface area (TPSA) is 43.1 Å². The van der Waals surface area contributed by atoms with Gasteiger partial charge in [-0.3, -0.25) is 10.1 Å². The average molecular weight is 215 g/mol. The van der Waals surface area contributed by atoms with Crippen molar-refractivity contribution >= 4 is 22.6 Å². The van der Waals surface area contributed by atoms with Crippen molar-refractivity contribution in [2.24, 2.45) is 0 Å². The molecular formula is C3H6INO2. The second-order valence-corrected chi connectivity index (χ2v) is 4.31. The van der Waals surface area contributed by atoms with Gasteiger partial charge >= 0.3 is 0 Å². The Kier molecular flexibility index (Phi) is 1.97. The first-order valence-corrected chi connectivity index (χ1v) is 2.86. The molecule has 0 heterocycles. The molecule has 0 bridgehead atoms. The van der Waals surface area contributed by atoms with Crippen molar-refractivity contribution in [2.75, 3.05) is 0 Å². The van der Waals surface area contributed by atoms with Gasteiger partial charge < -0.3 is 0 Å². The summed E-state index contributed by atoms with van der Waals surface area (Å²) >= 11 is 1.77. The molecule has 0 aromatic rings. The number of nitrogens with zero attached hydrogens (tertiary/aromatic N) is 1. The van der Waals surface area contributed by atoms with E-state index in [1.54, 1.807) is 36.4 Å². The van der Waals surface area contributed by atoms with Crippen LogP contribution in [0.4, 0.5) is 0 Å². The highest BCUT2D eigenvalue weighted by Crippen LogP contribution is 2.15. The molecule has 0 aromatic heterocycles. The largest absolute Gasteiger partial charge is 0.264 e. The SMILES string of the molecule is CC(C)(I)[N+](=O)[O-]. The predicted molar refractivity (Wildman–Crippen MR) is 35.1 cm³/mol. The first-order chi connectivity index (χ1) is 2.94. The number of rotatable bonds is 1. The Morgan fingerprint density at radius 1 is 1.71 bits per heavy atom. The van der Waals surface area contributed by atoms with Crippen LogP contribution < -0.4 is 0 Å². The van der Waals surface area contributed by atoms with Crippen LogP contribution in [0.25, 0.3) is 0 Å². The van der Waals surface area contributed by atoms with Crippen molar-refractivity contribution in [3.8, 4) is 0 Å². The summed E-state index contributed by atoms with van der Waals surface area (Å²) in [5.41, 5.74) is 0. The third kappa shape index (κ3) is 2.78. The van der Waals surface area contributed by atoms with Crippen LogP contribution >= 0.6 is 22.6 Å². The standard InChI is InChI=1S/C3H6INO2/c1-3(2,4)5(6)7/h1-2H3. The minimum atomic E-state index is -0.808. The molecule has 0 aliphatic rings. The molecule has 0 aromatic carbocycles. The average Bonchev–Trinajstić information content (AvgIpc) is 1.31. The highest BCUT2D eigenvalue weighted by Gasteiger charge is 2.24. The van der Waals surface area contributed by atoms with E-state index in [4.69, 9.17) is 0 Å². The first-order valence-electron chi connectivity index (χ1n) is 1.78. The fraction of sp³-hybridized carbons (Fsp3) is 1.00. The van der Waals surface area contributed by atoms with Gasteiger partial charge in [0.2, 0.25) is 0 Å². The fourth-order valence-corrected chi connectivity index (χ4v) is 0. The summed E-state index contributed by atoms with van der Waals surface area (Å²) in [6, 6.07) is 0. The molecule has 42 valence electrons. The second-order valence-electron chi connectivity index (χ2n) is 1.67. The Balaban J connectivity index is 3.79. The van der Waals surface area contributed by atoms with Gasteiger partial charge in [0, 0.05) is 41.4 Å². The van der Waals surface area contributed by atoms with Gasteiger partial charge in [-0.2, -0.15) is 0 Å². The molecule has 0 atom stereocenters. The van der Waals surface area contributed by atoms with Crippen LogP contribution in [0.5, 0.6) is 0 Å². The van der Waals surface area contributed by atoms with E-state index in [-0.39, 0.29) is 4.92 Å². The lowest BCUT2D eigenvalue weighted by molar-refractivity contribution is -0.521. The van der Waals surface area contributed by atoms with Crippen LogP contribution in [0.1, 0.15) is 13.8 Å². The number of halogens is 1. The number of hydrogen-bond donors (Lipinski definition) is 0. The normalized spacial score (nSPS) is 11.3. The van der Waals surface area contributed by atoms with Crippen LogP contribution in [0, 0.1) is 10.1 Å². The Morgan fingerprint density at radius 3 is 1.86 bits per heavy atom. The molecule has 0 fully saturated rings. The molecule has 0 radical (unpaired) electrons. The van der Waals surface area contributed by atoms with E-state index in [1.807, 2.05) is 0 Å². The molecule has 0 aliphatic carbocycles. The molecule has 0 rings (SSSR count). The van der Waals surface area contributed by atoms with E-state index in [2.05, 4.69) is 0 Å². The minimum Gasteiger partial charge on any atom is -0.263 e. The van der Waals surface area contributed by atoms with Gasteiger partial charge in [0.05, 0.1) is 0 Å². The van der Waals surface area contributed by atoms with Gasteiger partial charge in [0.15, 0.2) is 0 Å². The Labute approximate surface area is 55.4 Å². The van der Waals surface area contributed by atoms with E-state index < -0.39 is 3.55 Å². The lowest BCUT2D eigenvalue weighted by Gasteiger charge is -2.03. The van der Waals surface area contributed by atoms with Gasteiger partial charge in [-0.25, -0.2) is 0 Å². The minimum absolute atomic E-state index is 0.326. The summed E-state index contributed by atoms with van der Waals surface area (Å²) in [5.74, 6) is 0. The van der Waals surface area contributed by atoms with Crippen molar-refractivity contribution < 1.29 is 4.92 Å². The fourth-order valence-electron chi connectivity index (χ4n) is 0. The molecular weight excluding hydrogens is 209 g/mol. The van der Waals surface area contributed by atoms with E-state index >= 15 is 0 Å². The van der Waals surface area contributed by atoms with Crippen molar-refractivity contribution in [1.29, 1.82) is 0 Å². The molecule has 0 aliphatic heterocycles. The van der Waals surface area contributed by atoms with E-state index in [0.717, 1.165) is 0 Å².